The summed E-state index contributed by atoms with van der Waals surface area (Å²) in [5.74, 6) is -0.610. The molecule has 6 heteroatoms. The number of hydrogen-bond acceptors (Lipinski definition) is 6. The fourth-order valence-electron chi connectivity index (χ4n) is 2.69. The van der Waals surface area contributed by atoms with E-state index in [-0.39, 0.29) is 19.7 Å². The predicted octanol–water partition coefficient (Wildman–Crippen LogP) is -3.26. The molecule has 0 unspecified atom stereocenters. The van der Waals surface area contributed by atoms with Gasteiger partial charge in [-0.15, -0.1) is 0 Å². The Hall–Kier alpha value is -0.240. The zero-order valence-electron chi connectivity index (χ0n) is 8.27. The van der Waals surface area contributed by atoms with E-state index in [2.05, 4.69) is 0 Å². The van der Waals surface area contributed by atoms with Crippen molar-refractivity contribution in [3.8, 4) is 0 Å². The number of hydrogen-bond donors (Lipinski definition) is 5. The molecule has 6 nitrogen and oxygen atoms in total. The number of rotatable bonds is 1. The summed E-state index contributed by atoms with van der Waals surface area (Å²) < 4.78 is 0. The lowest BCUT2D eigenvalue weighted by Gasteiger charge is -2.42. The van der Waals surface area contributed by atoms with E-state index in [9.17, 15) is 20.4 Å². The molecule has 15 heavy (non-hydrogen) atoms. The van der Waals surface area contributed by atoms with Gasteiger partial charge in [-0.25, -0.2) is 0 Å². The van der Waals surface area contributed by atoms with Crippen LogP contribution in [0.1, 0.15) is 0 Å². The minimum absolute atomic E-state index is 0.219. The minimum Gasteiger partial charge on any atom is -0.396 e. The van der Waals surface area contributed by atoms with Crippen molar-refractivity contribution in [1.29, 1.82) is 0 Å². The molecule has 0 saturated carbocycles. The molecule has 5 N–H and O–H groups in total. The Balaban J connectivity index is 2.20. The van der Waals surface area contributed by atoms with Crippen molar-refractivity contribution in [1.82, 2.24) is 4.90 Å². The molecular weight excluding hydrogens is 202 g/mol. The highest BCUT2D eigenvalue weighted by Gasteiger charge is 2.51. The van der Waals surface area contributed by atoms with Crippen LogP contribution in [0.15, 0.2) is 0 Å². The van der Waals surface area contributed by atoms with Crippen molar-refractivity contribution in [2.24, 2.45) is 5.92 Å². The summed E-state index contributed by atoms with van der Waals surface area (Å²) in [4.78, 5) is 1.72. The highest BCUT2D eigenvalue weighted by molar-refractivity contribution is 5.04. The van der Waals surface area contributed by atoms with Gasteiger partial charge in [0.1, 0.15) is 0 Å². The van der Waals surface area contributed by atoms with Gasteiger partial charge in [-0.2, -0.15) is 0 Å². The highest BCUT2D eigenvalue weighted by atomic mass is 16.3. The Morgan fingerprint density at radius 1 is 0.933 bits per heavy atom. The van der Waals surface area contributed by atoms with Gasteiger partial charge in [-0.05, 0) is 0 Å². The smallest absolute Gasteiger partial charge is 0.0971 e. The number of aliphatic hydroxyl groups excluding tert-OH is 5. The van der Waals surface area contributed by atoms with E-state index in [0.29, 0.717) is 0 Å². The summed E-state index contributed by atoms with van der Waals surface area (Å²) >= 11 is 0. The second-order valence-electron chi connectivity index (χ2n) is 4.41. The summed E-state index contributed by atoms with van der Waals surface area (Å²) in [7, 11) is 0. The maximum absolute atomic E-state index is 9.70. The summed E-state index contributed by atoms with van der Waals surface area (Å²) in [6.45, 7) is 0.172. The first-order valence-electron chi connectivity index (χ1n) is 5.13. The third-order valence-corrected chi connectivity index (χ3v) is 3.49. The third-order valence-electron chi connectivity index (χ3n) is 3.49. The molecule has 88 valence electrons. The summed E-state index contributed by atoms with van der Waals surface area (Å²) in [6.07, 6.45) is -3.82. The van der Waals surface area contributed by atoms with Crippen LogP contribution in [0.4, 0.5) is 0 Å². The number of fused-ring (bicyclic) bond motifs is 1. The van der Waals surface area contributed by atoms with Crippen LogP contribution in [0.5, 0.6) is 0 Å². The van der Waals surface area contributed by atoms with Gasteiger partial charge in [0.05, 0.1) is 31.0 Å². The molecule has 0 bridgehead atoms. The topological polar surface area (TPSA) is 104 Å². The normalized spacial score (nSPS) is 51.8. The van der Waals surface area contributed by atoms with Gasteiger partial charge in [0.15, 0.2) is 0 Å². The quantitative estimate of drug-likeness (QED) is 0.317. The lowest BCUT2D eigenvalue weighted by Crippen LogP contribution is -2.59. The van der Waals surface area contributed by atoms with Crippen LogP contribution in [-0.4, -0.2) is 80.6 Å². The number of piperidine rings is 1. The molecule has 2 fully saturated rings. The Kier molecular flexibility index (Phi) is 2.98. The fourth-order valence-corrected chi connectivity index (χ4v) is 2.69. The van der Waals surface area contributed by atoms with Gasteiger partial charge in [-0.1, -0.05) is 0 Å². The zero-order chi connectivity index (χ0) is 11.2. The molecule has 0 spiro atoms. The molecule has 2 aliphatic rings. The Morgan fingerprint density at radius 2 is 1.47 bits per heavy atom. The molecule has 2 rings (SSSR count). The first-order valence-corrected chi connectivity index (χ1v) is 5.13. The van der Waals surface area contributed by atoms with Crippen molar-refractivity contribution in [3.05, 3.63) is 0 Å². The molecule has 6 atom stereocenters. The van der Waals surface area contributed by atoms with E-state index in [4.69, 9.17) is 5.11 Å². The van der Waals surface area contributed by atoms with Crippen molar-refractivity contribution < 1.29 is 25.5 Å². The molecule has 0 radical (unpaired) electrons. The standard InChI is InChI=1S/C9H17NO5/c11-3-4-7-9(15)6(13)2-10(7)1-5(12)8(4)14/h4-9,11-15H,1-3H2/t4-,5-,6+,7+,8+,9-/m1/s1. The van der Waals surface area contributed by atoms with E-state index >= 15 is 0 Å². The molecule has 2 heterocycles. The molecule has 0 aliphatic carbocycles. The Labute approximate surface area is 87.4 Å². The van der Waals surface area contributed by atoms with E-state index < -0.39 is 36.4 Å². The monoisotopic (exact) mass is 219 g/mol. The van der Waals surface area contributed by atoms with Crippen LogP contribution in [0.3, 0.4) is 0 Å². The molecule has 2 aliphatic heterocycles. The van der Waals surface area contributed by atoms with Crippen LogP contribution in [0.2, 0.25) is 0 Å². The maximum Gasteiger partial charge on any atom is 0.0971 e. The molecular formula is C9H17NO5. The van der Waals surface area contributed by atoms with Crippen molar-refractivity contribution >= 4 is 0 Å². The molecule has 2 saturated heterocycles. The lowest BCUT2D eigenvalue weighted by molar-refractivity contribution is -0.119. The lowest BCUT2D eigenvalue weighted by atomic mass is 9.84. The predicted molar refractivity (Wildman–Crippen MR) is 50.0 cm³/mol. The average Bonchev–Trinajstić information content (AvgIpc) is 2.46. The average molecular weight is 219 g/mol. The maximum atomic E-state index is 9.70. The fraction of sp³-hybridized carbons (Fsp3) is 1.00. The third kappa shape index (κ3) is 1.67. The summed E-state index contributed by atoms with van der Waals surface area (Å²) in [5.41, 5.74) is 0. The minimum atomic E-state index is -1.05. The van der Waals surface area contributed by atoms with Crippen LogP contribution < -0.4 is 0 Å². The van der Waals surface area contributed by atoms with E-state index in [1.54, 1.807) is 4.90 Å². The van der Waals surface area contributed by atoms with Crippen LogP contribution in [0.25, 0.3) is 0 Å². The van der Waals surface area contributed by atoms with E-state index in [0.717, 1.165) is 0 Å². The van der Waals surface area contributed by atoms with Gasteiger partial charge in [-0.3, -0.25) is 4.90 Å². The largest absolute Gasteiger partial charge is 0.396 e. The van der Waals surface area contributed by atoms with E-state index in [1.165, 1.54) is 0 Å². The van der Waals surface area contributed by atoms with Crippen molar-refractivity contribution in [3.63, 3.8) is 0 Å². The Bertz CT molecular complexity index is 239. The van der Waals surface area contributed by atoms with Crippen molar-refractivity contribution in [2.45, 2.75) is 30.5 Å². The first kappa shape index (κ1) is 11.3. The summed E-state index contributed by atoms with van der Waals surface area (Å²) in [5, 5.41) is 47.5. The molecule has 0 aromatic heterocycles. The van der Waals surface area contributed by atoms with Crippen molar-refractivity contribution in [2.75, 3.05) is 19.7 Å². The van der Waals surface area contributed by atoms with Gasteiger partial charge in [0, 0.05) is 25.0 Å². The van der Waals surface area contributed by atoms with E-state index in [1.807, 2.05) is 0 Å². The van der Waals surface area contributed by atoms with Crippen LogP contribution >= 0.6 is 0 Å². The van der Waals surface area contributed by atoms with Gasteiger partial charge >= 0.3 is 0 Å². The molecule has 0 amide bonds. The summed E-state index contributed by atoms with van der Waals surface area (Å²) in [6, 6.07) is -0.469. The second kappa shape index (κ2) is 3.97. The van der Waals surface area contributed by atoms with Gasteiger partial charge < -0.3 is 25.5 Å². The number of aliphatic hydroxyl groups is 5. The SMILES string of the molecule is OC[C@H]1[C@H](O)[C@H](O)CN2C[C@H](O)[C@@H](O)[C@H]12. The second-order valence-corrected chi connectivity index (χ2v) is 4.41. The Morgan fingerprint density at radius 3 is 2.00 bits per heavy atom. The van der Waals surface area contributed by atoms with Crippen LogP contribution in [-0.2, 0) is 0 Å². The first-order chi connectivity index (χ1) is 7.06. The molecule has 0 aromatic carbocycles. The van der Waals surface area contributed by atoms with Crippen LogP contribution in [0, 0.1) is 5.92 Å². The highest BCUT2D eigenvalue weighted by Crippen LogP contribution is 2.32. The molecule has 0 aromatic rings. The number of nitrogens with zero attached hydrogens (tertiary/aromatic N) is 1. The van der Waals surface area contributed by atoms with Gasteiger partial charge in [0.2, 0.25) is 0 Å². The zero-order valence-corrected chi connectivity index (χ0v) is 8.27. The van der Waals surface area contributed by atoms with Gasteiger partial charge in [0.25, 0.3) is 0 Å².